The van der Waals surface area contributed by atoms with Gasteiger partial charge in [-0.25, -0.2) is 15.6 Å². The maximum atomic E-state index is 11.8. The van der Waals surface area contributed by atoms with Gasteiger partial charge in [0.1, 0.15) is 6.04 Å². The van der Waals surface area contributed by atoms with E-state index >= 15 is 0 Å². The number of rotatable bonds is 7. The number of hydrazine groups is 1. The average Bonchev–Trinajstić information content (AvgIpc) is 2.61. The number of nitrogens with one attached hydrogen (secondary N) is 4. The number of ether oxygens (including phenoxy) is 1. The van der Waals surface area contributed by atoms with E-state index in [1.165, 1.54) is 13.2 Å². The van der Waals surface area contributed by atoms with Gasteiger partial charge in [-0.15, -0.1) is 0 Å². The van der Waals surface area contributed by atoms with E-state index in [0.717, 1.165) is 12.3 Å². The van der Waals surface area contributed by atoms with Gasteiger partial charge in [-0.2, -0.15) is 5.10 Å². The SMILES string of the molecule is COc1cc(/C=N/NC(=O)CCC2NNC(=O)NC2=O)cc([N+](=O)[O-])c1O. The molecule has 4 amide bonds. The first kappa shape index (κ1) is 19.6. The third-order valence-corrected chi connectivity index (χ3v) is 3.47. The molecule has 27 heavy (non-hydrogen) atoms. The third-order valence-electron chi connectivity index (χ3n) is 3.47. The van der Waals surface area contributed by atoms with Crippen molar-refractivity contribution in [1.29, 1.82) is 0 Å². The predicted octanol–water partition coefficient (Wildman–Crippen LogP) is -0.748. The molecule has 0 aromatic heterocycles. The molecule has 1 heterocycles. The monoisotopic (exact) mass is 380 g/mol. The number of carbonyl (C=O) groups excluding carboxylic acids is 3. The van der Waals surface area contributed by atoms with Crippen molar-refractivity contribution in [1.82, 2.24) is 21.6 Å². The Morgan fingerprint density at radius 3 is 2.85 bits per heavy atom. The fraction of sp³-hybridized carbons (Fsp3) is 0.286. The number of nitrogens with zero attached hydrogens (tertiary/aromatic N) is 2. The number of phenols is 1. The lowest BCUT2D eigenvalue weighted by molar-refractivity contribution is -0.386. The van der Waals surface area contributed by atoms with E-state index in [-0.39, 0.29) is 24.2 Å². The van der Waals surface area contributed by atoms with E-state index < -0.39 is 40.2 Å². The van der Waals surface area contributed by atoms with Crippen molar-refractivity contribution in [3.05, 3.63) is 27.8 Å². The fourth-order valence-electron chi connectivity index (χ4n) is 2.15. The Morgan fingerprint density at radius 2 is 2.22 bits per heavy atom. The van der Waals surface area contributed by atoms with Crippen molar-refractivity contribution in [2.45, 2.75) is 18.9 Å². The Morgan fingerprint density at radius 1 is 1.48 bits per heavy atom. The van der Waals surface area contributed by atoms with Crippen LogP contribution >= 0.6 is 0 Å². The van der Waals surface area contributed by atoms with Crippen molar-refractivity contribution >= 4 is 29.7 Å². The van der Waals surface area contributed by atoms with Gasteiger partial charge in [-0.3, -0.25) is 30.4 Å². The minimum absolute atomic E-state index is 0.0721. The van der Waals surface area contributed by atoms with Crippen LogP contribution in [0, 0.1) is 10.1 Å². The topological polar surface area (TPSA) is 184 Å². The van der Waals surface area contributed by atoms with Gasteiger partial charge < -0.3 is 9.84 Å². The van der Waals surface area contributed by atoms with Gasteiger partial charge >= 0.3 is 11.7 Å². The molecule has 1 aliphatic rings. The van der Waals surface area contributed by atoms with Gasteiger partial charge in [-0.1, -0.05) is 0 Å². The number of imide groups is 1. The molecule has 1 fully saturated rings. The second-order valence-corrected chi connectivity index (χ2v) is 5.32. The van der Waals surface area contributed by atoms with E-state index in [9.17, 15) is 29.6 Å². The summed E-state index contributed by atoms with van der Waals surface area (Å²) in [6.45, 7) is 0. The molecule has 0 saturated carbocycles. The number of amides is 4. The Bertz CT molecular complexity index is 809. The molecule has 0 radical (unpaired) electrons. The summed E-state index contributed by atoms with van der Waals surface area (Å²) in [4.78, 5) is 44.3. The Hall–Kier alpha value is -3.74. The van der Waals surface area contributed by atoms with Crippen LogP contribution in [-0.4, -0.2) is 47.2 Å². The number of hydrazone groups is 1. The lowest BCUT2D eigenvalue weighted by Crippen LogP contribution is -2.62. The molecule has 1 saturated heterocycles. The number of aromatic hydroxyl groups is 1. The van der Waals surface area contributed by atoms with E-state index in [1.54, 1.807) is 0 Å². The summed E-state index contributed by atoms with van der Waals surface area (Å²) in [6, 6.07) is 0.925. The highest BCUT2D eigenvalue weighted by atomic mass is 16.6. The minimum atomic E-state index is -0.783. The summed E-state index contributed by atoms with van der Waals surface area (Å²) in [5.41, 5.74) is 6.52. The Labute approximate surface area is 151 Å². The lowest BCUT2D eigenvalue weighted by Gasteiger charge is -2.22. The van der Waals surface area contributed by atoms with Gasteiger partial charge in [0.05, 0.1) is 18.2 Å². The summed E-state index contributed by atoms with van der Waals surface area (Å²) >= 11 is 0. The Balaban J connectivity index is 1.92. The van der Waals surface area contributed by atoms with Crippen molar-refractivity contribution in [3.8, 4) is 11.5 Å². The molecule has 5 N–H and O–H groups in total. The maximum absolute atomic E-state index is 11.8. The van der Waals surface area contributed by atoms with Crippen LogP contribution in [0.3, 0.4) is 0 Å². The summed E-state index contributed by atoms with van der Waals surface area (Å²) in [5.74, 6) is -1.81. The van der Waals surface area contributed by atoms with Crippen LogP contribution in [0.1, 0.15) is 18.4 Å². The van der Waals surface area contributed by atoms with Crippen LogP contribution in [0.2, 0.25) is 0 Å². The zero-order valence-electron chi connectivity index (χ0n) is 14.0. The highest BCUT2D eigenvalue weighted by Crippen LogP contribution is 2.36. The van der Waals surface area contributed by atoms with Gasteiger partial charge in [0, 0.05) is 18.1 Å². The first-order valence-electron chi connectivity index (χ1n) is 7.55. The highest BCUT2D eigenvalue weighted by Gasteiger charge is 2.26. The lowest BCUT2D eigenvalue weighted by atomic mass is 10.1. The number of phenolic OH excluding ortho intramolecular Hbond substituents is 1. The van der Waals surface area contributed by atoms with Crippen LogP contribution < -0.4 is 26.3 Å². The van der Waals surface area contributed by atoms with Gasteiger partial charge in [0.2, 0.25) is 17.6 Å². The number of urea groups is 1. The Kier molecular flexibility index (Phi) is 6.22. The average molecular weight is 380 g/mol. The smallest absolute Gasteiger partial charge is 0.335 e. The third kappa shape index (κ3) is 5.12. The van der Waals surface area contributed by atoms with Crippen LogP contribution in [0.25, 0.3) is 0 Å². The number of hydrogen-bond donors (Lipinski definition) is 5. The molecule has 1 unspecified atom stereocenters. The van der Waals surface area contributed by atoms with Crippen molar-refractivity contribution < 1.29 is 29.2 Å². The number of hydrogen-bond acceptors (Lipinski definition) is 9. The van der Waals surface area contributed by atoms with E-state index in [4.69, 9.17) is 4.74 Å². The number of methoxy groups -OCH3 is 1. The van der Waals surface area contributed by atoms with Crippen molar-refractivity contribution in [3.63, 3.8) is 0 Å². The molecule has 0 spiro atoms. The van der Waals surface area contributed by atoms with E-state index in [2.05, 4.69) is 21.4 Å². The number of carbonyl (C=O) groups is 3. The van der Waals surface area contributed by atoms with Gasteiger partial charge in [0.15, 0.2) is 5.75 Å². The van der Waals surface area contributed by atoms with Crippen molar-refractivity contribution in [2.75, 3.05) is 7.11 Å². The molecule has 13 nitrogen and oxygen atoms in total. The maximum Gasteiger partial charge on any atom is 0.335 e. The number of nitro groups is 1. The predicted molar refractivity (Wildman–Crippen MR) is 89.9 cm³/mol. The molecular weight excluding hydrogens is 364 g/mol. The standard InChI is InChI=1S/C14H16N6O7/c1-27-10-5-7(4-9(12(10)22)20(25)26)6-15-18-11(21)3-2-8-13(23)16-14(24)19-17-8/h4-6,8,17,22H,2-3H2,1H3,(H,18,21)(H2,16,19,23,24)/b15-6+. The number of nitro benzene ring substituents is 1. The van der Waals surface area contributed by atoms with Crippen LogP contribution in [-0.2, 0) is 9.59 Å². The quantitative estimate of drug-likeness (QED) is 0.232. The van der Waals surface area contributed by atoms with Gasteiger partial charge in [0.25, 0.3) is 0 Å². The second kappa shape index (κ2) is 8.57. The van der Waals surface area contributed by atoms with Crippen LogP contribution in [0.5, 0.6) is 11.5 Å². The zero-order valence-corrected chi connectivity index (χ0v) is 14.0. The minimum Gasteiger partial charge on any atom is -0.500 e. The van der Waals surface area contributed by atoms with Crippen molar-refractivity contribution in [2.24, 2.45) is 5.10 Å². The highest BCUT2D eigenvalue weighted by molar-refractivity contribution is 5.99. The first-order valence-corrected chi connectivity index (χ1v) is 7.55. The largest absolute Gasteiger partial charge is 0.500 e. The fourth-order valence-corrected chi connectivity index (χ4v) is 2.15. The van der Waals surface area contributed by atoms with Crippen LogP contribution in [0.4, 0.5) is 10.5 Å². The summed E-state index contributed by atoms with van der Waals surface area (Å²) in [7, 11) is 1.24. The molecule has 2 rings (SSSR count). The normalized spacial score (nSPS) is 16.6. The summed E-state index contributed by atoms with van der Waals surface area (Å²) in [5, 5.41) is 26.3. The molecule has 1 aliphatic heterocycles. The summed E-state index contributed by atoms with van der Waals surface area (Å²) in [6.07, 6.45) is 1.17. The molecular formula is C14H16N6O7. The zero-order chi connectivity index (χ0) is 20.0. The van der Waals surface area contributed by atoms with E-state index in [1.807, 2.05) is 5.32 Å². The number of benzene rings is 1. The molecule has 1 aromatic carbocycles. The van der Waals surface area contributed by atoms with Crippen LogP contribution in [0.15, 0.2) is 17.2 Å². The molecule has 0 aliphatic carbocycles. The molecule has 1 aromatic rings. The summed E-state index contributed by atoms with van der Waals surface area (Å²) < 4.78 is 4.85. The second-order valence-electron chi connectivity index (χ2n) is 5.32. The molecule has 144 valence electrons. The molecule has 1 atom stereocenters. The molecule has 13 heteroatoms. The first-order chi connectivity index (χ1) is 12.8. The molecule has 0 bridgehead atoms. The van der Waals surface area contributed by atoms with Gasteiger partial charge in [-0.05, 0) is 12.5 Å². The van der Waals surface area contributed by atoms with E-state index in [0.29, 0.717) is 0 Å².